The maximum absolute atomic E-state index is 5.75. The molecule has 0 amide bonds. The third kappa shape index (κ3) is 3.58. The van der Waals surface area contributed by atoms with Crippen LogP contribution in [0.15, 0.2) is 0 Å². The summed E-state index contributed by atoms with van der Waals surface area (Å²) in [6.07, 6.45) is 5.21. The topological polar surface area (TPSA) is 29.3 Å². The van der Waals surface area contributed by atoms with E-state index in [-0.39, 0.29) is 0 Å². The second kappa shape index (κ2) is 5.72. The van der Waals surface area contributed by atoms with Gasteiger partial charge in [-0.25, -0.2) is 0 Å². The Bertz CT molecular complexity index is 156. The Morgan fingerprint density at radius 1 is 1.43 bits per heavy atom. The molecule has 0 radical (unpaired) electrons. The molecule has 1 aliphatic rings. The van der Waals surface area contributed by atoms with E-state index < -0.39 is 0 Å². The third-order valence-corrected chi connectivity index (χ3v) is 3.61. The molecule has 0 aromatic carbocycles. The molecule has 1 fully saturated rings. The maximum Gasteiger partial charge on any atom is 0.00925 e. The molecule has 3 atom stereocenters. The summed E-state index contributed by atoms with van der Waals surface area (Å²) in [4.78, 5) is 2.64. The Hall–Kier alpha value is -0.0800. The first-order chi connectivity index (χ1) is 6.61. The van der Waals surface area contributed by atoms with Crippen LogP contribution in [0.1, 0.15) is 46.5 Å². The van der Waals surface area contributed by atoms with E-state index in [4.69, 9.17) is 5.73 Å². The molecule has 1 aliphatic heterocycles. The Balaban J connectivity index is 2.22. The molecule has 1 rings (SSSR count). The summed E-state index contributed by atoms with van der Waals surface area (Å²) in [5.41, 5.74) is 5.75. The van der Waals surface area contributed by atoms with E-state index >= 15 is 0 Å². The first-order valence-electron chi connectivity index (χ1n) is 6.11. The Morgan fingerprint density at radius 3 is 2.79 bits per heavy atom. The van der Waals surface area contributed by atoms with E-state index in [9.17, 15) is 0 Å². The predicted molar refractivity (Wildman–Crippen MR) is 62.3 cm³/mol. The molecule has 3 unspecified atom stereocenters. The fourth-order valence-corrected chi connectivity index (χ4v) is 2.35. The number of piperidine rings is 1. The zero-order chi connectivity index (χ0) is 10.6. The summed E-state index contributed by atoms with van der Waals surface area (Å²) in [5, 5.41) is 0. The monoisotopic (exact) mass is 198 g/mol. The van der Waals surface area contributed by atoms with Crippen LogP contribution in [0.25, 0.3) is 0 Å². The van der Waals surface area contributed by atoms with Crippen molar-refractivity contribution in [2.24, 2.45) is 11.7 Å². The highest BCUT2D eigenvalue weighted by Crippen LogP contribution is 2.22. The highest BCUT2D eigenvalue weighted by Gasteiger charge is 2.23. The molecule has 0 spiro atoms. The van der Waals surface area contributed by atoms with Crippen molar-refractivity contribution in [2.75, 3.05) is 13.1 Å². The Labute approximate surface area is 88.8 Å². The van der Waals surface area contributed by atoms with E-state index in [1.54, 1.807) is 0 Å². The standard InChI is InChI=1S/C12H26N2/c1-10-6-4-8-14(12(10)3)9-5-7-11(2)13/h10-12H,4-9,13H2,1-3H3. The number of nitrogens with zero attached hydrogens (tertiary/aromatic N) is 1. The first kappa shape index (κ1) is 12.0. The number of likely N-dealkylation sites (tertiary alicyclic amines) is 1. The molecule has 2 N–H and O–H groups in total. The lowest BCUT2D eigenvalue weighted by Crippen LogP contribution is -2.42. The van der Waals surface area contributed by atoms with E-state index in [2.05, 4.69) is 25.7 Å². The van der Waals surface area contributed by atoms with Crippen LogP contribution in [0.3, 0.4) is 0 Å². The largest absolute Gasteiger partial charge is 0.328 e. The normalized spacial score (nSPS) is 31.7. The summed E-state index contributed by atoms with van der Waals surface area (Å²) in [5.74, 6) is 0.874. The van der Waals surface area contributed by atoms with Crippen molar-refractivity contribution >= 4 is 0 Å². The second-order valence-corrected chi connectivity index (χ2v) is 5.02. The fraction of sp³-hybridized carbons (Fsp3) is 1.00. The van der Waals surface area contributed by atoms with E-state index in [0.717, 1.165) is 18.4 Å². The lowest BCUT2D eigenvalue weighted by Gasteiger charge is -2.38. The van der Waals surface area contributed by atoms with Gasteiger partial charge in [0.25, 0.3) is 0 Å². The lowest BCUT2D eigenvalue weighted by molar-refractivity contribution is 0.111. The van der Waals surface area contributed by atoms with E-state index in [0.29, 0.717) is 6.04 Å². The third-order valence-electron chi connectivity index (χ3n) is 3.61. The van der Waals surface area contributed by atoms with Crippen LogP contribution < -0.4 is 5.73 Å². The molecule has 0 saturated carbocycles. The van der Waals surface area contributed by atoms with Gasteiger partial charge >= 0.3 is 0 Å². The van der Waals surface area contributed by atoms with Gasteiger partial charge in [-0.3, -0.25) is 0 Å². The van der Waals surface area contributed by atoms with Gasteiger partial charge in [0.15, 0.2) is 0 Å². The van der Waals surface area contributed by atoms with Crippen molar-refractivity contribution in [3.8, 4) is 0 Å². The molecule has 0 bridgehead atoms. The fourth-order valence-electron chi connectivity index (χ4n) is 2.35. The second-order valence-electron chi connectivity index (χ2n) is 5.02. The van der Waals surface area contributed by atoms with Crippen LogP contribution in [0.4, 0.5) is 0 Å². The minimum Gasteiger partial charge on any atom is -0.328 e. The zero-order valence-electron chi connectivity index (χ0n) is 10.00. The minimum absolute atomic E-state index is 0.368. The number of nitrogens with two attached hydrogens (primary N) is 1. The summed E-state index contributed by atoms with van der Waals surface area (Å²) in [7, 11) is 0. The molecule has 84 valence electrons. The van der Waals surface area contributed by atoms with Crippen molar-refractivity contribution in [2.45, 2.75) is 58.5 Å². The van der Waals surface area contributed by atoms with Crippen LogP contribution >= 0.6 is 0 Å². The molecule has 14 heavy (non-hydrogen) atoms. The quantitative estimate of drug-likeness (QED) is 0.750. The highest BCUT2D eigenvalue weighted by atomic mass is 15.2. The van der Waals surface area contributed by atoms with E-state index in [1.807, 2.05) is 0 Å². The molecule has 1 saturated heterocycles. The van der Waals surface area contributed by atoms with Gasteiger partial charge in [-0.1, -0.05) is 6.92 Å². The number of hydrogen-bond acceptors (Lipinski definition) is 2. The van der Waals surface area contributed by atoms with Crippen molar-refractivity contribution in [1.29, 1.82) is 0 Å². The Kier molecular flexibility index (Phi) is 4.90. The zero-order valence-corrected chi connectivity index (χ0v) is 10.00. The number of hydrogen-bond donors (Lipinski definition) is 1. The summed E-state index contributed by atoms with van der Waals surface area (Å²) >= 11 is 0. The first-order valence-corrected chi connectivity index (χ1v) is 6.11. The van der Waals surface area contributed by atoms with Crippen molar-refractivity contribution in [3.05, 3.63) is 0 Å². The minimum atomic E-state index is 0.368. The Morgan fingerprint density at radius 2 is 2.14 bits per heavy atom. The molecule has 0 aliphatic carbocycles. The summed E-state index contributed by atoms with van der Waals surface area (Å²) < 4.78 is 0. The van der Waals surface area contributed by atoms with Crippen LogP contribution in [-0.2, 0) is 0 Å². The van der Waals surface area contributed by atoms with Gasteiger partial charge in [0.1, 0.15) is 0 Å². The smallest absolute Gasteiger partial charge is 0.00925 e. The molecular weight excluding hydrogens is 172 g/mol. The average Bonchev–Trinajstić information content (AvgIpc) is 2.12. The predicted octanol–water partition coefficient (Wildman–Crippen LogP) is 2.23. The van der Waals surface area contributed by atoms with Gasteiger partial charge in [0.2, 0.25) is 0 Å². The molecule has 2 nitrogen and oxygen atoms in total. The van der Waals surface area contributed by atoms with Gasteiger partial charge in [-0.05, 0) is 58.5 Å². The van der Waals surface area contributed by atoms with Gasteiger partial charge in [0.05, 0.1) is 0 Å². The van der Waals surface area contributed by atoms with Gasteiger partial charge in [0, 0.05) is 12.1 Å². The molecular formula is C12H26N2. The molecule has 2 heteroatoms. The maximum atomic E-state index is 5.75. The van der Waals surface area contributed by atoms with Crippen LogP contribution in [-0.4, -0.2) is 30.1 Å². The van der Waals surface area contributed by atoms with Crippen LogP contribution in [0, 0.1) is 5.92 Å². The van der Waals surface area contributed by atoms with Crippen molar-refractivity contribution in [3.63, 3.8) is 0 Å². The summed E-state index contributed by atoms with van der Waals surface area (Å²) in [6, 6.07) is 1.14. The molecule has 1 heterocycles. The molecule has 0 aromatic rings. The molecule has 0 aromatic heterocycles. The van der Waals surface area contributed by atoms with Crippen LogP contribution in [0.5, 0.6) is 0 Å². The van der Waals surface area contributed by atoms with Gasteiger partial charge in [-0.15, -0.1) is 0 Å². The summed E-state index contributed by atoms with van der Waals surface area (Å²) in [6.45, 7) is 9.39. The SMILES string of the molecule is CC(N)CCCN1CCCC(C)C1C. The van der Waals surface area contributed by atoms with Crippen molar-refractivity contribution < 1.29 is 0 Å². The lowest BCUT2D eigenvalue weighted by atomic mass is 9.92. The van der Waals surface area contributed by atoms with Crippen LogP contribution in [0.2, 0.25) is 0 Å². The van der Waals surface area contributed by atoms with Gasteiger partial charge in [-0.2, -0.15) is 0 Å². The number of rotatable bonds is 4. The van der Waals surface area contributed by atoms with Gasteiger partial charge < -0.3 is 10.6 Å². The average molecular weight is 198 g/mol. The van der Waals surface area contributed by atoms with E-state index in [1.165, 1.54) is 32.4 Å². The van der Waals surface area contributed by atoms with Crippen molar-refractivity contribution in [1.82, 2.24) is 4.90 Å². The highest BCUT2D eigenvalue weighted by molar-refractivity contribution is 4.78.